The van der Waals surface area contributed by atoms with Crippen molar-refractivity contribution in [2.24, 2.45) is 4.99 Å². The number of hydrogen-bond acceptors (Lipinski definition) is 4. The molecule has 0 saturated carbocycles. The van der Waals surface area contributed by atoms with Crippen LogP contribution < -0.4 is 5.32 Å². The van der Waals surface area contributed by atoms with Gasteiger partial charge in [0, 0.05) is 6.20 Å². The van der Waals surface area contributed by atoms with Gasteiger partial charge in [-0.1, -0.05) is 36.9 Å². The Bertz CT molecular complexity index is 760. The van der Waals surface area contributed by atoms with Crippen LogP contribution in [0.4, 0.5) is 4.39 Å². The van der Waals surface area contributed by atoms with Crippen molar-refractivity contribution in [3.63, 3.8) is 0 Å². The molecule has 2 rings (SSSR count). The van der Waals surface area contributed by atoms with E-state index in [2.05, 4.69) is 21.9 Å². The molecule has 0 saturated heterocycles. The summed E-state index contributed by atoms with van der Waals surface area (Å²) in [6, 6.07) is 8.95. The lowest BCUT2D eigenvalue weighted by Crippen LogP contribution is -2.28. The van der Waals surface area contributed by atoms with Crippen molar-refractivity contribution < 1.29 is 9.18 Å². The van der Waals surface area contributed by atoms with E-state index in [1.807, 2.05) is 6.92 Å². The number of hydrogen-bond donors (Lipinski definition) is 1. The standard InChI is InChI=1S/C17H15ClFN3OS/c1-3-24-17(21-11(2)12-4-7-14(19)8-5-12)22-16(23)13-6-9-15(18)20-10-13/h4-10H,2-3H2,1H3,(H,21,22,23). The summed E-state index contributed by atoms with van der Waals surface area (Å²) in [6.45, 7) is 5.81. The lowest BCUT2D eigenvalue weighted by molar-refractivity contribution is 0.0977. The van der Waals surface area contributed by atoms with E-state index in [0.717, 1.165) is 0 Å². The molecule has 1 aromatic carbocycles. The minimum Gasteiger partial charge on any atom is -0.301 e. The average molecular weight is 364 g/mol. The molecule has 0 radical (unpaired) electrons. The number of aliphatic imine (C=N–C) groups is 1. The molecule has 0 spiro atoms. The Hall–Kier alpha value is -2.18. The van der Waals surface area contributed by atoms with Crippen molar-refractivity contribution in [3.05, 3.63) is 71.3 Å². The number of carbonyl (C=O) groups excluding carboxylic acids is 1. The third-order valence-electron chi connectivity index (χ3n) is 2.91. The molecule has 1 amide bonds. The first-order valence-corrected chi connectivity index (χ1v) is 8.45. The summed E-state index contributed by atoms with van der Waals surface area (Å²) in [6.07, 6.45) is 1.39. The Kier molecular flexibility index (Phi) is 6.52. The second-order valence-corrected chi connectivity index (χ2v) is 6.27. The van der Waals surface area contributed by atoms with Crippen LogP contribution in [-0.4, -0.2) is 21.8 Å². The molecule has 7 heteroatoms. The number of benzene rings is 1. The molecule has 0 aliphatic heterocycles. The monoisotopic (exact) mass is 363 g/mol. The highest BCUT2D eigenvalue weighted by Gasteiger charge is 2.10. The van der Waals surface area contributed by atoms with Crippen molar-refractivity contribution in [1.29, 1.82) is 0 Å². The predicted molar refractivity (Wildman–Crippen MR) is 97.7 cm³/mol. The fourth-order valence-corrected chi connectivity index (χ4v) is 2.47. The summed E-state index contributed by atoms with van der Waals surface area (Å²) in [5, 5.41) is 3.44. The minimum atomic E-state index is -0.342. The topological polar surface area (TPSA) is 54.4 Å². The van der Waals surface area contributed by atoms with E-state index >= 15 is 0 Å². The van der Waals surface area contributed by atoms with Crippen molar-refractivity contribution in [2.75, 3.05) is 5.75 Å². The Morgan fingerprint density at radius 2 is 1.96 bits per heavy atom. The van der Waals surface area contributed by atoms with Crippen LogP contribution in [0.5, 0.6) is 0 Å². The summed E-state index contributed by atoms with van der Waals surface area (Å²) in [5.41, 5.74) is 1.48. The smallest absolute Gasteiger partial charge is 0.258 e. The summed E-state index contributed by atoms with van der Waals surface area (Å²) in [7, 11) is 0. The summed E-state index contributed by atoms with van der Waals surface area (Å²) in [5.74, 6) is 0.0438. The quantitative estimate of drug-likeness (QED) is 0.498. The zero-order valence-corrected chi connectivity index (χ0v) is 14.5. The fraction of sp³-hybridized carbons (Fsp3) is 0.118. The molecule has 0 fully saturated rings. The Balaban J connectivity index is 2.15. The second-order valence-electron chi connectivity index (χ2n) is 4.63. The van der Waals surface area contributed by atoms with Gasteiger partial charge < -0.3 is 5.32 Å². The summed E-state index contributed by atoms with van der Waals surface area (Å²) in [4.78, 5) is 20.4. The first-order chi connectivity index (χ1) is 11.5. The van der Waals surface area contributed by atoms with E-state index in [9.17, 15) is 9.18 Å². The molecule has 4 nitrogen and oxygen atoms in total. The molecule has 0 atom stereocenters. The lowest BCUT2D eigenvalue weighted by Gasteiger charge is -2.09. The molecule has 0 bridgehead atoms. The van der Waals surface area contributed by atoms with Gasteiger partial charge in [0.1, 0.15) is 11.0 Å². The number of rotatable bonds is 4. The Morgan fingerprint density at radius 3 is 2.54 bits per heavy atom. The van der Waals surface area contributed by atoms with Gasteiger partial charge in [-0.05, 0) is 47.7 Å². The third-order valence-corrected chi connectivity index (χ3v) is 3.88. The first kappa shape index (κ1) is 18.2. The maximum Gasteiger partial charge on any atom is 0.258 e. The highest BCUT2D eigenvalue weighted by Crippen LogP contribution is 2.17. The van der Waals surface area contributed by atoms with Crippen LogP contribution in [0.2, 0.25) is 5.15 Å². The third kappa shape index (κ3) is 5.18. The van der Waals surface area contributed by atoms with Gasteiger partial charge in [-0.2, -0.15) is 0 Å². The Morgan fingerprint density at radius 1 is 1.29 bits per heavy atom. The molecule has 24 heavy (non-hydrogen) atoms. The van der Waals surface area contributed by atoms with Gasteiger partial charge in [0.05, 0.1) is 11.3 Å². The fourth-order valence-electron chi connectivity index (χ4n) is 1.74. The molecule has 0 aliphatic rings. The van der Waals surface area contributed by atoms with Crippen LogP contribution in [0.25, 0.3) is 5.70 Å². The number of amides is 1. The second kappa shape index (κ2) is 8.61. The lowest BCUT2D eigenvalue weighted by atomic mass is 10.2. The molecule has 124 valence electrons. The van der Waals surface area contributed by atoms with Crippen LogP contribution in [0.1, 0.15) is 22.8 Å². The molecule has 2 aromatic rings. The van der Waals surface area contributed by atoms with Crippen LogP contribution in [-0.2, 0) is 0 Å². The predicted octanol–water partition coefficient (Wildman–Crippen LogP) is 4.38. The highest BCUT2D eigenvalue weighted by molar-refractivity contribution is 8.13. The van der Waals surface area contributed by atoms with Gasteiger partial charge in [-0.15, -0.1) is 0 Å². The average Bonchev–Trinajstić information content (AvgIpc) is 2.56. The van der Waals surface area contributed by atoms with Crippen molar-refractivity contribution in [2.45, 2.75) is 6.92 Å². The van der Waals surface area contributed by atoms with Crippen LogP contribution in [0, 0.1) is 5.82 Å². The maximum absolute atomic E-state index is 13.0. The van der Waals surface area contributed by atoms with E-state index in [1.54, 1.807) is 18.2 Å². The SMILES string of the molecule is C=C(N=C(NC(=O)c1ccc(Cl)nc1)SCC)c1ccc(F)cc1. The molecule has 1 aromatic heterocycles. The van der Waals surface area contributed by atoms with E-state index in [4.69, 9.17) is 11.6 Å². The number of nitrogens with one attached hydrogen (secondary N) is 1. The number of pyridine rings is 1. The largest absolute Gasteiger partial charge is 0.301 e. The van der Waals surface area contributed by atoms with E-state index < -0.39 is 0 Å². The molecule has 1 heterocycles. The van der Waals surface area contributed by atoms with Gasteiger partial charge >= 0.3 is 0 Å². The zero-order chi connectivity index (χ0) is 17.5. The van der Waals surface area contributed by atoms with Crippen molar-refractivity contribution in [3.8, 4) is 0 Å². The van der Waals surface area contributed by atoms with Gasteiger partial charge in [0.15, 0.2) is 5.17 Å². The van der Waals surface area contributed by atoms with Crippen molar-refractivity contribution in [1.82, 2.24) is 10.3 Å². The normalized spacial score (nSPS) is 11.2. The number of halogens is 2. The maximum atomic E-state index is 13.0. The van der Waals surface area contributed by atoms with Crippen LogP contribution in [0.3, 0.4) is 0 Å². The molecule has 1 N–H and O–H groups in total. The van der Waals surface area contributed by atoms with Crippen LogP contribution >= 0.6 is 23.4 Å². The highest BCUT2D eigenvalue weighted by atomic mass is 35.5. The van der Waals surface area contributed by atoms with Crippen molar-refractivity contribution >= 4 is 40.1 Å². The van der Waals surface area contributed by atoms with Gasteiger partial charge in [0.2, 0.25) is 0 Å². The number of thioether (sulfide) groups is 1. The van der Waals surface area contributed by atoms with Gasteiger partial charge in [0.25, 0.3) is 5.91 Å². The number of carbonyl (C=O) groups is 1. The van der Waals surface area contributed by atoms with Gasteiger partial charge in [-0.25, -0.2) is 14.4 Å². The molecule has 0 unspecified atom stereocenters. The van der Waals surface area contributed by atoms with Gasteiger partial charge in [-0.3, -0.25) is 4.79 Å². The zero-order valence-electron chi connectivity index (χ0n) is 12.9. The van der Waals surface area contributed by atoms with E-state index in [-0.39, 0.29) is 11.7 Å². The number of nitrogens with zero attached hydrogens (tertiary/aromatic N) is 2. The molecular weight excluding hydrogens is 349 g/mol. The Labute approximate surface area is 148 Å². The first-order valence-electron chi connectivity index (χ1n) is 7.09. The minimum absolute atomic E-state index is 0.313. The molecular formula is C17H15ClFN3OS. The van der Waals surface area contributed by atoms with Crippen LogP contribution in [0.15, 0.2) is 54.2 Å². The van der Waals surface area contributed by atoms with E-state index in [1.165, 1.54) is 36.2 Å². The number of amidine groups is 1. The summed E-state index contributed by atoms with van der Waals surface area (Å²) < 4.78 is 13.0. The number of aromatic nitrogens is 1. The molecule has 0 aliphatic carbocycles. The van der Waals surface area contributed by atoms with E-state index in [0.29, 0.717) is 32.9 Å². The summed E-state index contributed by atoms with van der Waals surface area (Å²) >= 11 is 7.08.